The van der Waals surface area contributed by atoms with Crippen molar-refractivity contribution in [3.05, 3.63) is 6.07 Å². The van der Waals surface area contributed by atoms with Crippen LogP contribution in [0.15, 0.2) is 11.2 Å². The third-order valence-electron chi connectivity index (χ3n) is 1.72. The third-order valence-corrected chi connectivity index (χ3v) is 2.83. The molecule has 1 heterocycles. The van der Waals surface area contributed by atoms with Crippen molar-refractivity contribution < 1.29 is 23.1 Å². The lowest BCUT2D eigenvalue weighted by molar-refractivity contribution is -0.149. The topological polar surface area (TPSA) is 115 Å². The van der Waals surface area contributed by atoms with Crippen molar-refractivity contribution in [2.45, 2.75) is 23.0 Å². The van der Waals surface area contributed by atoms with Crippen LogP contribution < -0.4 is 11.5 Å². The normalized spacial score (nSPS) is 13.3. The van der Waals surface area contributed by atoms with Gasteiger partial charge >= 0.3 is 12.1 Å². The monoisotopic (exact) mass is 282 g/mol. The molecule has 0 bridgehead atoms. The minimum atomic E-state index is -4.69. The molecule has 1 rings (SSSR count). The van der Waals surface area contributed by atoms with Gasteiger partial charge in [0.05, 0.1) is 6.42 Å². The summed E-state index contributed by atoms with van der Waals surface area (Å²) in [5, 5.41) is 5.97. The van der Waals surface area contributed by atoms with Gasteiger partial charge in [0.2, 0.25) is 0 Å². The Morgan fingerprint density at radius 2 is 1.89 bits per heavy atom. The fraction of sp³-hybridized carbons (Fsp3) is 0.375. The Kier molecular flexibility index (Phi) is 4.22. The van der Waals surface area contributed by atoms with Gasteiger partial charge in [-0.3, -0.25) is 4.79 Å². The predicted molar refractivity (Wildman–Crippen MR) is 58.8 cm³/mol. The van der Waals surface area contributed by atoms with Crippen molar-refractivity contribution in [1.82, 2.24) is 9.97 Å². The number of alkyl halides is 3. The fourth-order valence-electron chi connectivity index (χ4n) is 1.02. The highest BCUT2D eigenvalue weighted by Gasteiger charge is 2.42. The summed E-state index contributed by atoms with van der Waals surface area (Å²) in [6, 6.07) is 1.18. The molecule has 0 saturated carbocycles. The van der Waals surface area contributed by atoms with E-state index in [1.165, 1.54) is 6.07 Å². The predicted octanol–water partition coefficient (Wildman–Crippen LogP) is 1.14. The van der Waals surface area contributed by atoms with E-state index in [0.717, 1.165) is 0 Å². The Hall–Kier alpha value is -1.71. The molecule has 0 fully saturated rings. The van der Waals surface area contributed by atoms with Crippen molar-refractivity contribution in [3.8, 4) is 0 Å². The first kappa shape index (κ1) is 14.4. The van der Waals surface area contributed by atoms with Crippen LogP contribution in [0, 0.1) is 0 Å². The van der Waals surface area contributed by atoms with Gasteiger partial charge in [-0.25, -0.2) is 9.97 Å². The van der Waals surface area contributed by atoms with Crippen molar-refractivity contribution in [2.24, 2.45) is 0 Å². The molecule has 1 atom stereocenters. The van der Waals surface area contributed by atoms with E-state index in [0.29, 0.717) is 0 Å². The molecule has 18 heavy (non-hydrogen) atoms. The zero-order chi connectivity index (χ0) is 13.9. The molecule has 0 aliphatic heterocycles. The van der Waals surface area contributed by atoms with E-state index in [2.05, 4.69) is 9.97 Å². The summed E-state index contributed by atoms with van der Waals surface area (Å²) < 4.78 is 37.7. The van der Waals surface area contributed by atoms with Gasteiger partial charge in [0, 0.05) is 6.07 Å². The number of aliphatic carboxylic acids is 1. The van der Waals surface area contributed by atoms with Crippen LogP contribution in [0.1, 0.15) is 6.42 Å². The van der Waals surface area contributed by atoms with Crippen molar-refractivity contribution in [2.75, 3.05) is 11.5 Å². The molecule has 6 nitrogen and oxygen atoms in total. The van der Waals surface area contributed by atoms with Gasteiger partial charge in [-0.15, -0.1) is 0 Å². The van der Waals surface area contributed by atoms with Crippen LogP contribution in [0.3, 0.4) is 0 Å². The van der Waals surface area contributed by atoms with Crippen LogP contribution in [-0.4, -0.2) is 32.5 Å². The number of carbonyl (C=O) groups is 1. The molecule has 100 valence electrons. The van der Waals surface area contributed by atoms with Crippen LogP contribution in [0.4, 0.5) is 24.8 Å². The highest BCUT2D eigenvalue weighted by Crippen LogP contribution is 2.36. The first-order valence-electron chi connectivity index (χ1n) is 4.53. The van der Waals surface area contributed by atoms with E-state index in [-0.39, 0.29) is 28.6 Å². The number of nitrogens with zero attached hydrogens (tertiary/aromatic N) is 2. The number of aromatic nitrogens is 2. The van der Waals surface area contributed by atoms with E-state index < -0.39 is 23.8 Å². The summed E-state index contributed by atoms with van der Waals surface area (Å²) in [4.78, 5) is 17.5. The van der Waals surface area contributed by atoms with Crippen LogP contribution in [0.2, 0.25) is 0 Å². The molecule has 1 aromatic heterocycles. The maximum atomic E-state index is 12.6. The number of carboxylic acid groups (broad SMARTS) is 1. The summed E-state index contributed by atoms with van der Waals surface area (Å²) >= 11 is 0.164. The Balaban J connectivity index is 2.92. The number of rotatable bonds is 4. The lowest BCUT2D eigenvalue weighted by Gasteiger charge is -2.17. The van der Waals surface area contributed by atoms with E-state index >= 15 is 0 Å². The van der Waals surface area contributed by atoms with Gasteiger partial charge in [0.1, 0.15) is 16.9 Å². The van der Waals surface area contributed by atoms with Gasteiger partial charge in [0.25, 0.3) is 0 Å². The summed E-state index contributed by atoms with van der Waals surface area (Å²) in [7, 11) is 0. The first-order valence-corrected chi connectivity index (χ1v) is 5.41. The second kappa shape index (κ2) is 5.29. The molecule has 0 aromatic carbocycles. The molecular weight excluding hydrogens is 273 g/mol. The van der Waals surface area contributed by atoms with Crippen molar-refractivity contribution >= 4 is 29.4 Å². The molecule has 0 spiro atoms. The number of nitrogen functional groups attached to an aromatic ring is 2. The highest BCUT2D eigenvalue weighted by molar-refractivity contribution is 7.99. The number of nitrogens with two attached hydrogens (primary N) is 2. The van der Waals surface area contributed by atoms with Gasteiger partial charge in [-0.05, 0) is 0 Å². The molecule has 0 radical (unpaired) electrons. The maximum absolute atomic E-state index is 12.6. The first-order chi connectivity index (χ1) is 8.18. The summed E-state index contributed by atoms with van der Waals surface area (Å²) in [5.74, 6) is -1.73. The average molecular weight is 282 g/mol. The number of hydrogen-bond acceptors (Lipinski definition) is 6. The summed E-state index contributed by atoms with van der Waals surface area (Å²) in [6.45, 7) is 0. The van der Waals surface area contributed by atoms with Crippen LogP contribution >= 0.6 is 11.8 Å². The largest absolute Gasteiger partial charge is 0.481 e. The average Bonchev–Trinajstić information content (AvgIpc) is 2.12. The lowest BCUT2D eigenvalue weighted by Crippen LogP contribution is -2.28. The summed E-state index contributed by atoms with van der Waals surface area (Å²) in [5.41, 5.74) is 10.6. The molecule has 0 saturated heterocycles. The lowest BCUT2D eigenvalue weighted by atomic mass is 10.3. The highest BCUT2D eigenvalue weighted by atomic mass is 32.2. The van der Waals surface area contributed by atoms with E-state index in [9.17, 15) is 18.0 Å². The molecule has 1 aromatic rings. The van der Waals surface area contributed by atoms with Gasteiger partial charge in [0.15, 0.2) is 5.16 Å². The number of thioether (sulfide) groups is 1. The zero-order valence-electron chi connectivity index (χ0n) is 8.81. The van der Waals surface area contributed by atoms with Gasteiger partial charge in [-0.2, -0.15) is 13.2 Å². The Labute approximate surface area is 104 Å². The Bertz CT molecular complexity index is 434. The van der Waals surface area contributed by atoms with E-state index in [4.69, 9.17) is 16.6 Å². The number of carboxylic acids is 1. The van der Waals surface area contributed by atoms with Gasteiger partial charge < -0.3 is 16.6 Å². The van der Waals surface area contributed by atoms with Crippen molar-refractivity contribution in [3.63, 3.8) is 0 Å². The molecule has 5 N–H and O–H groups in total. The van der Waals surface area contributed by atoms with Crippen LogP contribution in [0.5, 0.6) is 0 Å². The van der Waals surface area contributed by atoms with Crippen molar-refractivity contribution in [1.29, 1.82) is 0 Å². The molecule has 0 aliphatic rings. The third kappa shape index (κ3) is 4.28. The minimum absolute atomic E-state index is 0.0822. The van der Waals surface area contributed by atoms with E-state index in [1.54, 1.807) is 0 Å². The van der Waals surface area contributed by atoms with Crippen LogP contribution in [-0.2, 0) is 4.79 Å². The Morgan fingerprint density at radius 3 is 2.28 bits per heavy atom. The second-order valence-electron chi connectivity index (χ2n) is 3.25. The minimum Gasteiger partial charge on any atom is -0.481 e. The maximum Gasteiger partial charge on any atom is 0.401 e. The molecule has 0 aliphatic carbocycles. The quantitative estimate of drug-likeness (QED) is 0.560. The standard InChI is InChI=1S/C8H9F3N4O2S/c9-8(10,11)3(1-6(16)17)18-7-14-4(12)2-5(13)15-7/h2-3H,1H2,(H,16,17)(H4,12,13,14,15). The molecule has 1 unspecified atom stereocenters. The SMILES string of the molecule is Nc1cc(N)nc(SC(CC(=O)O)C(F)(F)F)n1. The molecule has 0 amide bonds. The van der Waals surface area contributed by atoms with Crippen LogP contribution in [0.25, 0.3) is 0 Å². The fourth-order valence-corrected chi connectivity index (χ4v) is 1.95. The molecule has 10 heteroatoms. The number of halogens is 3. The van der Waals surface area contributed by atoms with Gasteiger partial charge in [-0.1, -0.05) is 11.8 Å². The number of hydrogen-bond donors (Lipinski definition) is 3. The van der Waals surface area contributed by atoms with E-state index in [1.807, 2.05) is 0 Å². The molecular formula is C8H9F3N4O2S. The second-order valence-corrected chi connectivity index (χ2v) is 4.42. The summed E-state index contributed by atoms with van der Waals surface area (Å²) in [6.07, 6.45) is -5.78. The number of anilines is 2. The Morgan fingerprint density at radius 1 is 1.39 bits per heavy atom. The zero-order valence-corrected chi connectivity index (χ0v) is 9.63. The smallest absolute Gasteiger partial charge is 0.401 e.